The number of nitrogens with zero attached hydrogens (tertiary/aromatic N) is 2. The fraction of sp³-hybridized carbons (Fsp3) is 0.385. The molecular formula is C13H17N3O3. The summed E-state index contributed by atoms with van der Waals surface area (Å²) in [6, 6.07) is 7.92. The Kier molecular flexibility index (Phi) is 4.74. The van der Waals surface area contributed by atoms with Gasteiger partial charge in [0.15, 0.2) is 0 Å². The molecule has 0 spiro atoms. The second kappa shape index (κ2) is 6.75. The zero-order chi connectivity index (χ0) is 13.5. The maximum absolute atomic E-state index is 11.1. The van der Waals surface area contributed by atoms with Crippen LogP contribution in [0.25, 0.3) is 11.0 Å². The Balaban J connectivity index is 1.75. The highest BCUT2D eigenvalue weighted by molar-refractivity contribution is 5.74. The molecule has 0 fully saturated rings. The molecule has 1 heterocycles. The Bertz CT molecular complexity index is 539. The van der Waals surface area contributed by atoms with Gasteiger partial charge >= 0.3 is 6.09 Å². The van der Waals surface area contributed by atoms with Gasteiger partial charge in [-0.2, -0.15) is 0 Å². The van der Waals surface area contributed by atoms with Gasteiger partial charge in [-0.25, -0.2) is 9.78 Å². The standard InChI is InChI=1S/C13H17N3O3/c17-8-9-19-13(18)14-6-3-7-16-10-15-11-4-1-2-5-12(11)16/h1-2,4-5,10,17H,3,6-9H2,(H,14,18). The van der Waals surface area contributed by atoms with Gasteiger partial charge in [0.1, 0.15) is 6.61 Å². The molecule has 1 amide bonds. The van der Waals surface area contributed by atoms with Gasteiger partial charge in [0.25, 0.3) is 0 Å². The molecule has 2 rings (SSSR count). The van der Waals surface area contributed by atoms with E-state index in [-0.39, 0.29) is 13.2 Å². The van der Waals surface area contributed by atoms with Crippen LogP contribution in [0.2, 0.25) is 0 Å². The summed E-state index contributed by atoms with van der Waals surface area (Å²) >= 11 is 0. The van der Waals surface area contributed by atoms with Gasteiger partial charge in [0, 0.05) is 13.1 Å². The molecule has 0 bridgehead atoms. The molecule has 0 saturated carbocycles. The van der Waals surface area contributed by atoms with Crippen LogP contribution in [-0.2, 0) is 11.3 Å². The predicted octanol–water partition coefficient (Wildman–Crippen LogP) is 1.14. The molecule has 0 unspecified atom stereocenters. The lowest BCUT2D eigenvalue weighted by Gasteiger charge is -2.06. The number of benzene rings is 1. The van der Waals surface area contributed by atoms with Gasteiger partial charge in [-0.3, -0.25) is 0 Å². The molecule has 2 aromatic rings. The third-order valence-corrected chi connectivity index (χ3v) is 2.70. The molecule has 1 aromatic carbocycles. The Morgan fingerprint density at radius 1 is 1.42 bits per heavy atom. The van der Waals surface area contributed by atoms with Gasteiger partial charge < -0.3 is 19.7 Å². The molecule has 0 atom stereocenters. The highest BCUT2D eigenvalue weighted by Crippen LogP contribution is 2.11. The smallest absolute Gasteiger partial charge is 0.407 e. The first-order valence-electron chi connectivity index (χ1n) is 6.22. The van der Waals surface area contributed by atoms with Crippen molar-refractivity contribution in [2.45, 2.75) is 13.0 Å². The summed E-state index contributed by atoms with van der Waals surface area (Å²) in [5, 5.41) is 11.1. The number of ether oxygens (including phenoxy) is 1. The average molecular weight is 263 g/mol. The summed E-state index contributed by atoms with van der Waals surface area (Å²) in [6.45, 7) is 1.17. The normalized spacial score (nSPS) is 10.6. The number of aryl methyl sites for hydroxylation is 1. The molecule has 102 valence electrons. The first-order chi connectivity index (χ1) is 9.31. The number of para-hydroxylation sites is 2. The van der Waals surface area contributed by atoms with E-state index >= 15 is 0 Å². The summed E-state index contributed by atoms with van der Waals surface area (Å²) in [6.07, 6.45) is 2.09. The van der Waals surface area contributed by atoms with E-state index in [9.17, 15) is 4.79 Å². The first kappa shape index (κ1) is 13.4. The largest absolute Gasteiger partial charge is 0.447 e. The fourth-order valence-corrected chi connectivity index (χ4v) is 1.82. The van der Waals surface area contributed by atoms with E-state index in [2.05, 4.69) is 19.6 Å². The van der Waals surface area contributed by atoms with Gasteiger partial charge in [-0.1, -0.05) is 12.1 Å². The van der Waals surface area contributed by atoms with Crippen LogP contribution in [0.1, 0.15) is 6.42 Å². The average Bonchev–Trinajstić information content (AvgIpc) is 2.85. The maximum atomic E-state index is 11.1. The van der Waals surface area contributed by atoms with Crippen LogP contribution in [0, 0.1) is 0 Å². The molecule has 6 heteroatoms. The van der Waals surface area contributed by atoms with E-state index in [0.29, 0.717) is 6.54 Å². The van der Waals surface area contributed by atoms with E-state index in [4.69, 9.17) is 5.11 Å². The molecule has 0 radical (unpaired) electrons. The number of aliphatic hydroxyl groups excluding tert-OH is 1. The quantitative estimate of drug-likeness (QED) is 0.766. The number of carbonyl (C=O) groups excluding carboxylic acids is 1. The van der Waals surface area contributed by atoms with Crippen LogP contribution < -0.4 is 5.32 Å². The number of alkyl carbamates (subject to hydrolysis) is 1. The Hall–Kier alpha value is -2.08. The molecule has 0 aliphatic heterocycles. The number of nitrogens with one attached hydrogen (secondary N) is 1. The molecule has 1 aromatic heterocycles. The van der Waals surface area contributed by atoms with Crippen molar-refractivity contribution < 1.29 is 14.6 Å². The number of imidazole rings is 1. The molecule has 0 aliphatic rings. The predicted molar refractivity (Wildman–Crippen MR) is 70.8 cm³/mol. The van der Waals surface area contributed by atoms with Crippen LogP contribution in [0.3, 0.4) is 0 Å². The second-order valence-corrected chi connectivity index (χ2v) is 4.07. The van der Waals surface area contributed by atoms with Crippen LogP contribution in [0.15, 0.2) is 30.6 Å². The highest BCUT2D eigenvalue weighted by atomic mass is 16.6. The van der Waals surface area contributed by atoms with E-state index in [1.807, 2.05) is 24.3 Å². The van der Waals surface area contributed by atoms with E-state index < -0.39 is 6.09 Å². The van der Waals surface area contributed by atoms with Crippen molar-refractivity contribution >= 4 is 17.1 Å². The van der Waals surface area contributed by atoms with E-state index in [1.54, 1.807) is 6.33 Å². The maximum Gasteiger partial charge on any atom is 0.407 e. The van der Waals surface area contributed by atoms with Crippen LogP contribution in [0.5, 0.6) is 0 Å². The minimum atomic E-state index is -0.496. The number of rotatable bonds is 6. The Morgan fingerprint density at radius 2 is 2.26 bits per heavy atom. The van der Waals surface area contributed by atoms with Crippen molar-refractivity contribution in [2.75, 3.05) is 19.8 Å². The SMILES string of the molecule is O=C(NCCCn1cnc2ccccc21)OCCO. The fourth-order valence-electron chi connectivity index (χ4n) is 1.82. The minimum absolute atomic E-state index is 0.0258. The van der Waals surface area contributed by atoms with Crippen molar-refractivity contribution in [2.24, 2.45) is 0 Å². The van der Waals surface area contributed by atoms with Crippen molar-refractivity contribution in [1.82, 2.24) is 14.9 Å². The number of carbonyl (C=O) groups is 1. The Morgan fingerprint density at radius 3 is 3.11 bits per heavy atom. The third kappa shape index (κ3) is 3.69. The summed E-state index contributed by atoms with van der Waals surface area (Å²) in [5.74, 6) is 0. The zero-order valence-electron chi connectivity index (χ0n) is 10.6. The number of aliphatic hydroxyl groups is 1. The lowest BCUT2D eigenvalue weighted by Crippen LogP contribution is -2.26. The zero-order valence-corrected chi connectivity index (χ0v) is 10.6. The molecule has 0 aliphatic carbocycles. The molecule has 2 N–H and O–H groups in total. The first-order valence-corrected chi connectivity index (χ1v) is 6.22. The van der Waals surface area contributed by atoms with E-state index in [1.165, 1.54) is 0 Å². The van der Waals surface area contributed by atoms with Gasteiger partial charge in [-0.15, -0.1) is 0 Å². The minimum Gasteiger partial charge on any atom is -0.447 e. The van der Waals surface area contributed by atoms with Crippen LogP contribution in [-0.4, -0.2) is 40.5 Å². The topological polar surface area (TPSA) is 76.4 Å². The molecule has 0 saturated heterocycles. The highest BCUT2D eigenvalue weighted by Gasteiger charge is 2.02. The number of hydrogen-bond acceptors (Lipinski definition) is 4. The molecular weight excluding hydrogens is 246 g/mol. The van der Waals surface area contributed by atoms with Gasteiger partial charge in [0.05, 0.1) is 24.0 Å². The van der Waals surface area contributed by atoms with Crippen molar-refractivity contribution in [3.8, 4) is 0 Å². The number of hydrogen-bond donors (Lipinski definition) is 2. The van der Waals surface area contributed by atoms with Crippen molar-refractivity contribution in [1.29, 1.82) is 0 Å². The summed E-state index contributed by atoms with van der Waals surface area (Å²) in [4.78, 5) is 15.4. The van der Waals surface area contributed by atoms with Gasteiger partial charge in [-0.05, 0) is 18.6 Å². The van der Waals surface area contributed by atoms with Crippen LogP contribution >= 0.6 is 0 Å². The number of amides is 1. The lowest BCUT2D eigenvalue weighted by atomic mass is 10.3. The monoisotopic (exact) mass is 263 g/mol. The van der Waals surface area contributed by atoms with Crippen molar-refractivity contribution in [3.63, 3.8) is 0 Å². The summed E-state index contributed by atoms with van der Waals surface area (Å²) < 4.78 is 6.73. The van der Waals surface area contributed by atoms with Crippen molar-refractivity contribution in [3.05, 3.63) is 30.6 Å². The molecule has 19 heavy (non-hydrogen) atoms. The van der Waals surface area contributed by atoms with Crippen LogP contribution in [0.4, 0.5) is 4.79 Å². The number of aromatic nitrogens is 2. The third-order valence-electron chi connectivity index (χ3n) is 2.70. The van der Waals surface area contributed by atoms with E-state index in [0.717, 1.165) is 24.0 Å². The summed E-state index contributed by atoms with van der Waals surface area (Å²) in [7, 11) is 0. The molecule has 6 nitrogen and oxygen atoms in total. The second-order valence-electron chi connectivity index (χ2n) is 4.07. The summed E-state index contributed by atoms with van der Waals surface area (Å²) in [5.41, 5.74) is 2.06. The number of fused-ring (bicyclic) bond motifs is 1. The van der Waals surface area contributed by atoms with Gasteiger partial charge in [0.2, 0.25) is 0 Å². The Labute approximate surface area is 111 Å². The lowest BCUT2D eigenvalue weighted by molar-refractivity contribution is 0.119.